The first kappa shape index (κ1) is 16.2. The van der Waals surface area contributed by atoms with Crippen molar-refractivity contribution in [1.82, 2.24) is 0 Å². The van der Waals surface area contributed by atoms with E-state index >= 15 is 0 Å². The lowest BCUT2D eigenvalue weighted by Gasteiger charge is -2.22. The summed E-state index contributed by atoms with van der Waals surface area (Å²) in [5.41, 5.74) is 0.238. The normalized spacial score (nSPS) is 12.8. The number of methoxy groups -OCH3 is 1. The second-order valence-corrected chi connectivity index (χ2v) is 5.91. The summed E-state index contributed by atoms with van der Waals surface area (Å²) < 4.78 is 4.99. The lowest BCUT2D eigenvalue weighted by Crippen LogP contribution is -2.25. The van der Waals surface area contributed by atoms with E-state index in [9.17, 15) is 15.2 Å². The van der Waals surface area contributed by atoms with E-state index in [2.05, 4.69) is 5.32 Å². The molecular formula is C14H22N2O4. The molecule has 0 aromatic heterocycles. The molecule has 0 spiro atoms. The molecule has 20 heavy (non-hydrogen) atoms. The Morgan fingerprint density at radius 1 is 1.45 bits per heavy atom. The molecular weight excluding hydrogens is 260 g/mol. The smallest absolute Gasteiger partial charge is 0.333 e. The van der Waals surface area contributed by atoms with Crippen LogP contribution in [0.2, 0.25) is 0 Å². The zero-order valence-corrected chi connectivity index (χ0v) is 12.3. The molecule has 0 bridgehead atoms. The summed E-state index contributed by atoms with van der Waals surface area (Å²) in [6, 6.07) is 4.81. The quantitative estimate of drug-likeness (QED) is 0.619. The van der Waals surface area contributed by atoms with Gasteiger partial charge in [0.2, 0.25) is 0 Å². The molecule has 2 N–H and O–H groups in total. The standard InChI is InChI=1S/C14H22N2O4/c1-14(2,3)8-10(17)9-15-11-6-5-7-12(20-4)13(11)16(18)19/h5-7,10,15,17H,8-9H2,1-4H3. The Morgan fingerprint density at radius 2 is 2.10 bits per heavy atom. The average molecular weight is 282 g/mol. The highest BCUT2D eigenvalue weighted by Gasteiger charge is 2.22. The van der Waals surface area contributed by atoms with E-state index in [1.165, 1.54) is 13.2 Å². The van der Waals surface area contributed by atoms with Crippen molar-refractivity contribution in [3.05, 3.63) is 28.3 Å². The van der Waals surface area contributed by atoms with Crippen molar-refractivity contribution in [2.45, 2.75) is 33.3 Å². The number of aliphatic hydroxyl groups excluding tert-OH is 1. The van der Waals surface area contributed by atoms with Gasteiger partial charge in [0.25, 0.3) is 0 Å². The zero-order valence-electron chi connectivity index (χ0n) is 12.3. The van der Waals surface area contributed by atoms with E-state index in [-0.39, 0.29) is 23.4 Å². The number of ether oxygens (including phenoxy) is 1. The first-order chi connectivity index (χ1) is 9.24. The Morgan fingerprint density at radius 3 is 2.60 bits per heavy atom. The Hall–Kier alpha value is -1.82. The van der Waals surface area contributed by atoms with Crippen molar-refractivity contribution < 1.29 is 14.8 Å². The summed E-state index contributed by atoms with van der Waals surface area (Å²) in [7, 11) is 1.39. The van der Waals surface area contributed by atoms with Gasteiger partial charge in [-0.1, -0.05) is 26.8 Å². The minimum absolute atomic E-state index is 0.00140. The van der Waals surface area contributed by atoms with Gasteiger partial charge in [0.05, 0.1) is 18.1 Å². The molecule has 1 atom stereocenters. The van der Waals surface area contributed by atoms with E-state index in [0.717, 1.165) is 0 Å². The zero-order chi connectivity index (χ0) is 15.3. The molecule has 1 aromatic rings. The summed E-state index contributed by atoms with van der Waals surface area (Å²) >= 11 is 0. The van der Waals surface area contributed by atoms with Gasteiger partial charge in [-0.25, -0.2) is 0 Å². The van der Waals surface area contributed by atoms with Gasteiger partial charge in [-0.15, -0.1) is 0 Å². The van der Waals surface area contributed by atoms with Gasteiger partial charge in [0.1, 0.15) is 5.69 Å². The molecule has 0 saturated carbocycles. The van der Waals surface area contributed by atoms with Crippen LogP contribution in [0.1, 0.15) is 27.2 Å². The Balaban J connectivity index is 2.80. The number of para-hydroxylation sites is 1. The summed E-state index contributed by atoms with van der Waals surface area (Å²) in [6.45, 7) is 6.35. The first-order valence-electron chi connectivity index (χ1n) is 6.48. The fourth-order valence-corrected chi connectivity index (χ4v) is 2.02. The topological polar surface area (TPSA) is 84.6 Å². The minimum Gasteiger partial charge on any atom is -0.490 e. The number of nitrogens with zero attached hydrogens (tertiary/aromatic N) is 1. The number of rotatable bonds is 6. The van der Waals surface area contributed by atoms with E-state index in [1.54, 1.807) is 12.1 Å². The largest absolute Gasteiger partial charge is 0.490 e. The molecule has 0 amide bonds. The molecule has 6 nitrogen and oxygen atoms in total. The number of anilines is 1. The number of benzene rings is 1. The third-order valence-corrected chi connectivity index (χ3v) is 2.78. The SMILES string of the molecule is COc1cccc(NCC(O)CC(C)(C)C)c1[N+](=O)[O-]. The Kier molecular flexibility index (Phi) is 5.33. The number of hydrogen-bond acceptors (Lipinski definition) is 5. The molecule has 6 heteroatoms. The summed E-state index contributed by atoms with van der Waals surface area (Å²) in [5.74, 6) is 0.199. The third kappa shape index (κ3) is 4.70. The van der Waals surface area contributed by atoms with Crippen LogP contribution in [0.5, 0.6) is 5.75 Å². The van der Waals surface area contributed by atoms with Crippen molar-refractivity contribution in [1.29, 1.82) is 0 Å². The predicted octanol–water partition coefficient (Wildman–Crippen LogP) is 2.81. The fraction of sp³-hybridized carbons (Fsp3) is 0.571. The minimum atomic E-state index is -0.569. The maximum absolute atomic E-state index is 11.1. The van der Waals surface area contributed by atoms with Crippen LogP contribution in [0.15, 0.2) is 18.2 Å². The van der Waals surface area contributed by atoms with Crippen molar-refractivity contribution in [3.8, 4) is 5.75 Å². The van der Waals surface area contributed by atoms with Crippen LogP contribution in [0.25, 0.3) is 0 Å². The maximum Gasteiger partial charge on any atom is 0.333 e. The molecule has 0 aliphatic carbocycles. The van der Waals surface area contributed by atoms with Crippen LogP contribution in [-0.2, 0) is 0 Å². The average Bonchev–Trinajstić information content (AvgIpc) is 2.33. The van der Waals surface area contributed by atoms with Gasteiger partial charge < -0.3 is 15.2 Å². The van der Waals surface area contributed by atoms with Crippen molar-refractivity contribution in [3.63, 3.8) is 0 Å². The second-order valence-electron chi connectivity index (χ2n) is 5.91. The number of hydrogen-bond donors (Lipinski definition) is 2. The molecule has 0 aliphatic rings. The highest BCUT2D eigenvalue weighted by atomic mass is 16.6. The number of aliphatic hydroxyl groups is 1. The van der Waals surface area contributed by atoms with Crippen molar-refractivity contribution >= 4 is 11.4 Å². The van der Waals surface area contributed by atoms with Crippen LogP contribution in [0.4, 0.5) is 11.4 Å². The Bertz CT molecular complexity index is 469. The molecule has 0 saturated heterocycles. The lowest BCUT2D eigenvalue weighted by atomic mass is 9.89. The van der Waals surface area contributed by atoms with Crippen LogP contribution >= 0.6 is 0 Å². The monoisotopic (exact) mass is 282 g/mol. The van der Waals surface area contributed by atoms with Crippen LogP contribution in [0.3, 0.4) is 0 Å². The van der Waals surface area contributed by atoms with E-state index in [4.69, 9.17) is 4.74 Å². The summed E-state index contributed by atoms with van der Waals surface area (Å²) in [6.07, 6.45) is 0.0402. The van der Waals surface area contributed by atoms with Crippen LogP contribution < -0.4 is 10.1 Å². The van der Waals surface area contributed by atoms with Gasteiger partial charge in [0.15, 0.2) is 5.75 Å². The summed E-state index contributed by atoms with van der Waals surface area (Å²) in [4.78, 5) is 10.6. The van der Waals surface area contributed by atoms with Gasteiger partial charge in [-0.3, -0.25) is 10.1 Å². The third-order valence-electron chi connectivity index (χ3n) is 2.78. The van der Waals surface area contributed by atoms with E-state index < -0.39 is 11.0 Å². The van der Waals surface area contributed by atoms with Gasteiger partial charge >= 0.3 is 5.69 Å². The second kappa shape index (κ2) is 6.56. The maximum atomic E-state index is 11.1. The molecule has 0 aliphatic heterocycles. The van der Waals surface area contributed by atoms with Gasteiger partial charge in [-0.2, -0.15) is 0 Å². The van der Waals surface area contributed by atoms with E-state index in [1.807, 2.05) is 20.8 Å². The van der Waals surface area contributed by atoms with Crippen LogP contribution in [0, 0.1) is 15.5 Å². The van der Waals surface area contributed by atoms with Gasteiger partial charge in [0, 0.05) is 6.54 Å². The first-order valence-corrected chi connectivity index (χ1v) is 6.48. The Labute approximate surface area is 118 Å². The van der Waals surface area contributed by atoms with E-state index in [0.29, 0.717) is 12.1 Å². The van der Waals surface area contributed by atoms with Gasteiger partial charge in [-0.05, 0) is 24.0 Å². The molecule has 0 fully saturated rings. The molecule has 0 heterocycles. The summed E-state index contributed by atoms with van der Waals surface area (Å²) in [5, 5.41) is 24.0. The molecule has 1 aromatic carbocycles. The molecule has 1 unspecified atom stereocenters. The number of nitro benzene ring substituents is 1. The number of nitrogens with one attached hydrogen (secondary N) is 1. The molecule has 0 radical (unpaired) electrons. The lowest BCUT2D eigenvalue weighted by molar-refractivity contribution is -0.384. The van der Waals surface area contributed by atoms with Crippen molar-refractivity contribution in [2.75, 3.05) is 19.0 Å². The highest BCUT2D eigenvalue weighted by molar-refractivity contribution is 5.68. The molecule has 112 valence electrons. The molecule has 1 rings (SSSR count). The van der Waals surface area contributed by atoms with Crippen molar-refractivity contribution in [2.24, 2.45) is 5.41 Å². The number of nitro groups is 1. The fourth-order valence-electron chi connectivity index (χ4n) is 2.02. The highest BCUT2D eigenvalue weighted by Crippen LogP contribution is 2.34. The predicted molar refractivity (Wildman–Crippen MR) is 78.2 cm³/mol. The van der Waals surface area contributed by atoms with Crippen LogP contribution in [-0.4, -0.2) is 29.8 Å².